The number of aromatic nitrogens is 1. The first-order valence-electron chi connectivity index (χ1n) is 5.07. The first-order chi connectivity index (χ1) is 8.43. The summed E-state index contributed by atoms with van der Waals surface area (Å²) in [5.74, 6) is -2.17. The molecule has 2 aromatic rings. The van der Waals surface area contributed by atoms with Crippen molar-refractivity contribution in [2.45, 2.75) is 13.8 Å². The van der Waals surface area contributed by atoms with Crippen LogP contribution in [-0.4, -0.2) is 16.9 Å². The van der Waals surface area contributed by atoms with Crippen LogP contribution in [0.3, 0.4) is 0 Å². The minimum atomic E-state index is -1.08. The fourth-order valence-electron chi connectivity index (χ4n) is 1.03. The van der Waals surface area contributed by atoms with Gasteiger partial charge in [-0.25, -0.2) is 0 Å². The molecular weight excluding hydrogens is 443 g/mol. The molecule has 6 nitrogen and oxygen atoms in total. The fourth-order valence-corrected chi connectivity index (χ4v) is 1.03. The summed E-state index contributed by atoms with van der Waals surface area (Å²) in [6, 6.07) is 10.2. The van der Waals surface area contributed by atoms with Gasteiger partial charge >= 0.3 is 21.1 Å². The Morgan fingerprint density at radius 3 is 1.75 bits per heavy atom. The topological polar surface area (TPSA) is 127 Å². The van der Waals surface area contributed by atoms with E-state index in [2.05, 4.69) is 17.1 Å². The number of carboxylic acids is 2. The van der Waals surface area contributed by atoms with Crippen molar-refractivity contribution >= 4 is 22.7 Å². The van der Waals surface area contributed by atoms with Gasteiger partial charge in [-0.05, 0) is 30.7 Å². The number of nitrogens with zero attached hydrogens (tertiary/aromatic N) is 1. The van der Waals surface area contributed by atoms with Crippen LogP contribution >= 0.6 is 0 Å². The minimum Gasteiger partial charge on any atom is -0.693 e. The van der Waals surface area contributed by atoms with Gasteiger partial charge in [0, 0.05) is 24.3 Å². The zero-order chi connectivity index (χ0) is 14.0. The van der Waals surface area contributed by atoms with E-state index in [9.17, 15) is 0 Å². The number of pyridine rings is 1. The minimum absolute atomic E-state index is 0. The van der Waals surface area contributed by atoms with Crippen LogP contribution < -0.4 is 10.2 Å². The molecule has 1 aromatic heterocycles. The van der Waals surface area contributed by atoms with Crippen molar-refractivity contribution in [1.29, 1.82) is 0 Å². The van der Waals surface area contributed by atoms with Crippen LogP contribution in [0.15, 0.2) is 42.7 Å². The Hall–Kier alpha value is -1.78. The average molecular weight is 458 g/mol. The second kappa shape index (κ2) is 13.6. The molecule has 0 saturated heterocycles. The Bertz CT molecular complexity index is 435. The molecule has 20 heavy (non-hydrogen) atoms. The van der Waals surface area contributed by atoms with E-state index in [-0.39, 0.29) is 27.2 Å². The van der Waals surface area contributed by atoms with E-state index in [0.717, 1.165) is 13.8 Å². The van der Waals surface area contributed by atoms with Crippen LogP contribution in [0.25, 0.3) is 16.9 Å². The number of carbonyl (C=O) groups is 2. The SMILES string of the molecule is CC(=O)[O-].CC(=O)[O-].[NH2-].[Pt+2].c1ccc2cnccc2c1. The predicted molar refractivity (Wildman–Crippen MR) is 68.4 cm³/mol. The Morgan fingerprint density at radius 1 is 0.950 bits per heavy atom. The molecule has 0 unspecified atom stereocenters. The van der Waals surface area contributed by atoms with Gasteiger partial charge in [-0.15, -0.1) is 0 Å². The smallest absolute Gasteiger partial charge is 0.693 e. The Kier molecular flexibility index (Phi) is 15.9. The van der Waals surface area contributed by atoms with Crippen LogP contribution in [0.1, 0.15) is 13.8 Å². The molecule has 7 heteroatoms. The normalized spacial score (nSPS) is 7.50. The Morgan fingerprint density at radius 2 is 1.35 bits per heavy atom. The molecule has 1 aromatic carbocycles. The predicted octanol–water partition coefficient (Wildman–Crippen LogP) is 0.462. The van der Waals surface area contributed by atoms with Crippen molar-refractivity contribution in [3.05, 3.63) is 48.9 Å². The van der Waals surface area contributed by atoms with E-state index < -0.39 is 11.9 Å². The zero-order valence-electron chi connectivity index (χ0n) is 11.0. The van der Waals surface area contributed by atoms with Gasteiger partial charge in [0.05, 0.1) is 0 Å². The summed E-state index contributed by atoms with van der Waals surface area (Å²) in [5, 5.41) is 20.2. The molecule has 0 saturated carbocycles. The molecule has 0 radical (unpaired) electrons. The largest absolute Gasteiger partial charge is 2.00 e. The summed E-state index contributed by atoms with van der Waals surface area (Å²) in [6.45, 7) is 1.94. The molecule has 0 aliphatic heterocycles. The van der Waals surface area contributed by atoms with E-state index in [1.54, 1.807) is 0 Å². The zero-order valence-corrected chi connectivity index (χ0v) is 13.3. The van der Waals surface area contributed by atoms with Crippen LogP contribution in [0.2, 0.25) is 0 Å². The summed E-state index contributed by atoms with van der Waals surface area (Å²) in [6.07, 6.45) is 3.68. The van der Waals surface area contributed by atoms with Crippen molar-refractivity contribution < 1.29 is 40.9 Å². The molecule has 0 aliphatic carbocycles. The molecule has 2 N–H and O–H groups in total. The molecule has 2 rings (SSSR count). The van der Waals surface area contributed by atoms with E-state index in [1.807, 2.05) is 30.6 Å². The van der Waals surface area contributed by atoms with Gasteiger partial charge in [-0.2, -0.15) is 0 Å². The maximum Gasteiger partial charge on any atom is 2.00 e. The van der Waals surface area contributed by atoms with Crippen LogP contribution in [0.4, 0.5) is 0 Å². The number of hydrogen-bond donors (Lipinski definition) is 0. The maximum absolute atomic E-state index is 8.89. The summed E-state index contributed by atoms with van der Waals surface area (Å²) < 4.78 is 0. The molecular formula is C13H15N2O4Pt-. The number of carbonyl (C=O) groups excluding carboxylic acids is 2. The second-order valence-corrected chi connectivity index (χ2v) is 3.21. The first kappa shape index (κ1) is 23.3. The van der Waals surface area contributed by atoms with Gasteiger partial charge in [0.15, 0.2) is 0 Å². The number of hydrogen-bond acceptors (Lipinski definition) is 5. The quantitative estimate of drug-likeness (QED) is 0.567. The van der Waals surface area contributed by atoms with E-state index in [4.69, 9.17) is 19.8 Å². The number of rotatable bonds is 0. The van der Waals surface area contributed by atoms with Gasteiger partial charge in [-0.1, -0.05) is 24.3 Å². The monoisotopic (exact) mass is 458 g/mol. The van der Waals surface area contributed by atoms with Crippen molar-refractivity contribution in [3.8, 4) is 0 Å². The van der Waals surface area contributed by atoms with Gasteiger partial charge in [0.25, 0.3) is 0 Å². The molecule has 0 atom stereocenters. The van der Waals surface area contributed by atoms with Crippen LogP contribution in [-0.2, 0) is 30.7 Å². The number of aliphatic carboxylic acids is 2. The van der Waals surface area contributed by atoms with Gasteiger partial charge < -0.3 is 26.0 Å². The molecule has 0 spiro atoms. The fraction of sp³-hybridized carbons (Fsp3) is 0.154. The summed E-state index contributed by atoms with van der Waals surface area (Å²) in [5.41, 5.74) is 0. The first-order valence-corrected chi connectivity index (χ1v) is 5.07. The number of nitrogens with two attached hydrogens (primary N) is 1. The van der Waals surface area contributed by atoms with E-state index >= 15 is 0 Å². The molecule has 0 amide bonds. The second-order valence-electron chi connectivity index (χ2n) is 3.21. The van der Waals surface area contributed by atoms with Gasteiger partial charge in [-0.3, -0.25) is 4.98 Å². The molecule has 0 bridgehead atoms. The van der Waals surface area contributed by atoms with Crippen molar-refractivity contribution in [3.63, 3.8) is 0 Å². The Balaban J connectivity index is -0.000000251. The van der Waals surface area contributed by atoms with E-state index in [0.29, 0.717) is 0 Å². The van der Waals surface area contributed by atoms with Crippen molar-refractivity contribution in [2.24, 2.45) is 0 Å². The van der Waals surface area contributed by atoms with Crippen LogP contribution in [0.5, 0.6) is 0 Å². The summed E-state index contributed by atoms with van der Waals surface area (Å²) in [4.78, 5) is 21.8. The molecule has 0 aliphatic rings. The molecule has 1 heterocycles. The van der Waals surface area contributed by atoms with Gasteiger partial charge in [0.2, 0.25) is 0 Å². The maximum atomic E-state index is 8.89. The average Bonchev–Trinajstić information content (AvgIpc) is 2.28. The van der Waals surface area contributed by atoms with Crippen molar-refractivity contribution in [1.82, 2.24) is 4.98 Å². The number of fused-ring (bicyclic) bond motifs is 1. The van der Waals surface area contributed by atoms with Gasteiger partial charge in [0.1, 0.15) is 0 Å². The summed E-state index contributed by atoms with van der Waals surface area (Å²) >= 11 is 0. The third kappa shape index (κ3) is 14.3. The third-order valence-corrected chi connectivity index (χ3v) is 1.55. The number of carboxylic acid groups (broad SMARTS) is 2. The standard InChI is InChI=1S/C9H7N.2C2H4O2.H2N.Pt/c1-2-4-9-7-10-6-5-8(9)3-1;2*1-2(3)4;;/h1-7H;2*1H3,(H,3,4);1H2;/q;;;-1;+2/p-2. The van der Waals surface area contributed by atoms with E-state index in [1.165, 1.54) is 10.8 Å². The summed E-state index contributed by atoms with van der Waals surface area (Å²) in [7, 11) is 0. The third-order valence-electron chi connectivity index (χ3n) is 1.55. The van der Waals surface area contributed by atoms with Crippen molar-refractivity contribution in [2.75, 3.05) is 0 Å². The number of benzene rings is 1. The van der Waals surface area contributed by atoms with Crippen LogP contribution in [0, 0.1) is 0 Å². The molecule has 112 valence electrons. The Labute approximate surface area is 131 Å². The molecule has 0 fully saturated rings.